The molecule has 1 N–H and O–H groups in total. The van der Waals surface area contributed by atoms with Gasteiger partial charge in [-0.3, -0.25) is 4.98 Å². The smallest absolute Gasteiger partial charge is 0.112 e. The van der Waals surface area contributed by atoms with Crippen LogP contribution >= 0.6 is 11.6 Å². The Labute approximate surface area is 177 Å². The number of aryl methyl sites for hydroxylation is 2. The number of hydrogen-bond acceptors (Lipinski definition) is 3. The number of halogens is 1. The zero-order chi connectivity index (χ0) is 20.3. The van der Waals surface area contributed by atoms with Crippen molar-refractivity contribution in [3.8, 4) is 0 Å². The van der Waals surface area contributed by atoms with Crippen molar-refractivity contribution in [2.75, 3.05) is 13.6 Å². The lowest BCUT2D eigenvalue weighted by atomic mass is 9.76. The molecule has 1 aliphatic carbocycles. The monoisotopic (exact) mass is 409 g/mol. The number of hydrogen-bond donors (Lipinski definition) is 1. The Balaban J connectivity index is 1.72. The summed E-state index contributed by atoms with van der Waals surface area (Å²) in [6.45, 7) is 6.12. The largest absolute Gasteiger partial charge is 0.383 e. The highest BCUT2D eigenvalue weighted by Crippen LogP contribution is 2.46. The average molecular weight is 410 g/mol. The van der Waals surface area contributed by atoms with Crippen LogP contribution in [0.5, 0.6) is 0 Å². The molecule has 2 aromatic heterocycles. The van der Waals surface area contributed by atoms with Crippen molar-refractivity contribution in [1.29, 1.82) is 0 Å². The highest BCUT2D eigenvalue weighted by molar-refractivity contribution is 6.31. The highest BCUT2D eigenvalue weighted by atomic mass is 35.5. The second-order valence-electron chi connectivity index (χ2n) is 8.85. The molecule has 0 radical (unpaired) electrons. The summed E-state index contributed by atoms with van der Waals surface area (Å²) < 4.78 is 2.38. The fraction of sp³-hybridized carbons (Fsp3) is 0.458. The first-order valence-corrected chi connectivity index (χ1v) is 11.0. The quantitative estimate of drug-likeness (QED) is 0.662. The van der Waals surface area contributed by atoms with Gasteiger partial charge in [0.15, 0.2) is 0 Å². The molecule has 2 unspecified atom stereocenters. The van der Waals surface area contributed by atoms with E-state index in [1.54, 1.807) is 0 Å². The van der Waals surface area contributed by atoms with Gasteiger partial charge in [0.25, 0.3) is 0 Å². The van der Waals surface area contributed by atoms with Gasteiger partial charge in [-0.1, -0.05) is 17.7 Å². The van der Waals surface area contributed by atoms with Crippen molar-refractivity contribution in [3.05, 3.63) is 63.6 Å². The number of pyridine rings is 1. The van der Waals surface area contributed by atoms with Crippen molar-refractivity contribution in [3.63, 3.8) is 0 Å². The Hall–Kier alpha value is -1.88. The Morgan fingerprint density at radius 2 is 2.03 bits per heavy atom. The fourth-order valence-corrected chi connectivity index (χ4v) is 5.61. The lowest BCUT2D eigenvalue weighted by Crippen LogP contribution is -2.40. The van der Waals surface area contributed by atoms with Crippen LogP contribution in [0.2, 0.25) is 5.02 Å². The Kier molecular flexibility index (Phi) is 4.50. The fourth-order valence-electron chi connectivity index (χ4n) is 5.44. The number of nitrogens with zero attached hydrogens (tertiary/aromatic N) is 3. The van der Waals surface area contributed by atoms with Crippen molar-refractivity contribution in [2.45, 2.75) is 57.7 Å². The van der Waals surface area contributed by atoms with Gasteiger partial charge in [0.05, 0.1) is 6.04 Å². The van der Waals surface area contributed by atoms with E-state index in [2.05, 4.69) is 41.6 Å². The van der Waals surface area contributed by atoms with Crippen molar-refractivity contribution >= 4 is 22.5 Å². The van der Waals surface area contributed by atoms with E-state index in [9.17, 15) is 5.11 Å². The third-order valence-electron chi connectivity index (χ3n) is 6.98. The van der Waals surface area contributed by atoms with Crippen LogP contribution in [0.15, 0.2) is 30.3 Å². The molecule has 0 spiro atoms. The molecular formula is C24H28ClN3O. The van der Waals surface area contributed by atoms with E-state index in [0.717, 1.165) is 60.7 Å². The van der Waals surface area contributed by atoms with E-state index in [0.29, 0.717) is 0 Å². The lowest BCUT2D eigenvalue weighted by molar-refractivity contribution is -0.0274. The molecule has 2 atom stereocenters. The number of fused-ring (bicyclic) bond motifs is 4. The second kappa shape index (κ2) is 6.83. The molecule has 0 saturated heterocycles. The summed E-state index contributed by atoms with van der Waals surface area (Å²) in [6.07, 6.45) is 3.66. The van der Waals surface area contributed by atoms with E-state index >= 15 is 0 Å². The summed E-state index contributed by atoms with van der Waals surface area (Å²) in [5, 5.41) is 14.0. The molecule has 4 nitrogen and oxygen atoms in total. The summed E-state index contributed by atoms with van der Waals surface area (Å²) in [7, 11) is 2.17. The van der Waals surface area contributed by atoms with Crippen LogP contribution in [-0.2, 0) is 25.0 Å². The summed E-state index contributed by atoms with van der Waals surface area (Å²) in [5.41, 5.74) is 6.00. The highest BCUT2D eigenvalue weighted by Gasteiger charge is 2.42. The SMILES string of the molecule is Cc1ccc2c(n1)CCCC2(O)C(C)n1c2c(c3cc(Cl)ccc31)CCN(C)C2. The van der Waals surface area contributed by atoms with Gasteiger partial charge >= 0.3 is 0 Å². The molecule has 3 aromatic rings. The standard InChI is InChI=1S/C24H28ClN3O/c1-15-6-8-20-21(26-15)5-4-11-24(20,29)16(2)28-22-9-7-17(25)13-19(22)18-10-12-27(3)14-23(18)28/h6-9,13,16,29H,4-5,10-12,14H2,1-3H3. The molecule has 3 heterocycles. The van der Waals surface area contributed by atoms with E-state index in [1.807, 2.05) is 19.1 Å². The number of aliphatic hydroxyl groups is 1. The summed E-state index contributed by atoms with van der Waals surface area (Å²) in [4.78, 5) is 7.11. The molecule has 5 rings (SSSR count). The van der Waals surface area contributed by atoms with Gasteiger partial charge in [-0.05, 0) is 76.4 Å². The van der Waals surface area contributed by atoms with Gasteiger partial charge in [-0.15, -0.1) is 0 Å². The van der Waals surface area contributed by atoms with Crippen LogP contribution in [0.4, 0.5) is 0 Å². The Morgan fingerprint density at radius 1 is 1.21 bits per heavy atom. The normalized spacial score (nSPS) is 23.1. The van der Waals surface area contributed by atoms with Crippen LogP contribution in [-0.4, -0.2) is 33.1 Å². The molecule has 1 aliphatic heterocycles. The Bertz CT molecular complexity index is 1110. The molecule has 0 amide bonds. The van der Waals surface area contributed by atoms with Gasteiger partial charge in [-0.25, -0.2) is 0 Å². The van der Waals surface area contributed by atoms with Gasteiger partial charge in [0, 0.05) is 51.7 Å². The predicted molar refractivity (Wildman–Crippen MR) is 118 cm³/mol. The van der Waals surface area contributed by atoms with E-state index in [4.69, 9.17) is 16.6 Å². The third-order valence-corrected chi connectivity index (χ3v) is 7.21. The maximum absolute atomic E-state index is 12.0. The molecule has 152 valence electrons. The first-order valence-electron chi connectivity index (χ1n) is 10.6. The van der Waals surface area contributed by atoms with Gasteiger partial charge in [-0.2, -0.15) is 0 Å². The third kappa shape index (κ3) is 2.92. The molecule has 29 heavy (non-hydrogen) atoms. The van der Waals surface area contributed by atoms with E-state index in [-0.39, 0.29) is 6.04 Å². The maximum Gasteiger partial charge on any atom is 0.112 e. The summed E-state index contributed by atoms with van der Waals surface area (Å²) in [5.74, 6) is 0. The van der Waals surface area contributed by atoms with Crippen LogP contribution in [0.1, 0.15) is 54.0 Å². The van der Waals surface area contributed by atoms with Crippen molar-refractivity contribution in [1.82, 2.24) is 14.5 Å². The van der Waals surface area contributed by atoms with Crippen molar-refractivity contribution in [2.24, 2.45) is 0 Å². The minimum atomic E-state index is -0.927. The van der Waals surface area contributed by atoms with Gasteiger partial charge in [0.2, 0.25) is 0 Å². The molecular weight excluding hydrogens is 382 g/mol. The minimum absolute atomic E-state index is 0.0926. The van der Waals surface area contributed by atoms with Crippen LogP contribution < -0.4 is 0 Å². The van der Waals surface area contributed by atoms with Gasteiger partial charge in [0.1, 0.15) is 5.60 Å². The number of benzene rings is 1. The zero-order valence-electron chi connectivity index (χ0n) is 17.4. The minimum Gasteiger partial charge on any atom is -0.383 e. The number of aromatic nitrogens is 2. The summed E-state index contributed by atoms with van der Waals surface area (Å²) in [6, 6.07) is 10.2. The predicted octanol–water partition coefficient (Wildman–Crippen LogP) is 4.77. The van der Waals surface area contributed by atoms with E-state index < -0.39 is 5.60 Å². The molecule has 1 aromatic carbocycles. The van der Waals surface area contributed by atoms with E-state index in [1.165, 1.54) is 22.2 Å². The molecule has 2 aliphatic rings. The first kappa shape index (κ1) is 19.1. The van der Waals surface area contributed by atoms with Crippen LogP contribution in [0.3, 0.4) is 0 Å². The average Bonchev–Trinajstić information content (AvgIpc) is 2.99. The topological polar surface area (TPSA) is 41.3 Å². The van der Waals surface area contributed by atoms with Crippen molar-refractivity contribution < 1.29 is 5.11 Å². The Morgan fingerprint density at radius 3 is 2.86 bits per heavy atom. The maximum atomic E-state index is 12.0. The molecule has 0 fully saturated rings. The van der Waals surface area contributed by atoms with Crippen LogP contribution in [0.25, 0.3) is 10.9 Å². The number of likely N-dealkylation sites (N-methyl/N-ethyl adjacent to an activating group) is 1. The van der Waals surface area contributed by atoms with Crippen LogP contribution in [0, 0.1) is 6.92 Å². The first-order chi connectivity index (χ1) is 13.9. The molecule has 0 bridgehead atoms. The summed E-state index contributed by atoms with van der Waals surface area (Å²) >= 11 is 6.36. The van der Waals surface area contributed by atoms with Gasteiger partial charge < -0.3 is 14.6 Å². The molecule has 0 saturated carbocycles. The second-order valence-corrected chi connectivity index (χ2v) is 9.28. The lowest BCUT2D eigenvalue weighted by Gasteiger charge is -2.41. The zero-order valence-corrected chi connectivity index (χ0v) is 18.1. The number of rotatable bonds is 2. The molecule has 5 heteroatoms.